The Bertz CT molecular complexity index is 835. The van der Waals surface area contributed by atoms with Crippen molar-refractivity contribution in [3.63, 3.8) is 0 Å². The van der Waals surface area contributed by atoms with E-state index in [9.17, 15) is 4.79 Å². The van der Waals surface area contributed by atoms with E-state index < -0.39 is 0 Å². The highest BCUT2D eigenvalue weighted by molar-refractivity contribution is 5.94. The summed E-state index contributed by atoms with van der Waals surface area (Å²) >= 11 is 0. The van der Waals surface area contributed by atoms with Crippen LogP contribution in [0.2, 0.25) is 0 Å². The first-order chi connectivity index (χ1) is 16.4. The number of rotatable bonds is 17. The van der Waals surface area contributed by atoms with E-state index in [1.807, 2.05) is 32.0 Å². The molecule has 1 aromatic carbocycles. The predicted molar refractivity (Wildman–Crippen MR) is 135 cm³/mol. The fourth-order valence-electron chi connectivity index (χ4n) is 2.81. The molecule has 2 rings (SSSR count). The second-order valence-corrected chi connectivity index (χ2v) is 8.49. The molecule has 0 saturated heterocycles. The summed E-state index contributed by atoms with van der Waals surface area (Å²) in [6.45, 7) is 12.1. The van der Waals surface area contributed by atoms with Gasteiger partial charge in [0.1, 0.15) is 0 Å². The molecule has 0 aliphatic carbocycles. The lowest BCUT2D eigenvalue weighted by Crippen LogP contribution is -2.27. The first-order valence-corrected chi connectivity index (χ1v) is 11.9. The molecule has 188 valence electrons. The van der Waals surface area contributed by atoms with Crippen LogP contribution in [0.5, 0.6) is 0 Å². The molecule has 10 nitrogen and oxygen atoms in total. The number of hydrogen-bond donors (Lipinski definition) is 4. The molecule has 10 heteroatoms. The number of anilines is 3. The summed E-state index contributed by atoms with van der Waals surface area (Å²) in [5.41, 5.74) is 0.641. The van der Waals surface area contributed by atoms with E-state index >= 15 is 0 Å². The number of aromatic nitrogens is 3. The van der Waals surface area contributed by atoms with Crippen LogP contribution in [0.3, 0.4) is 0 Å². The van der Waals surface area contributed by atoms with Gasteiger partial charge in [-0.25, -0.2) is 0 Å². The molecule has 1 amide bonds. The molecular formula is C24H39N7O3. The van der Waals surface area contributed by atoms with Gasteiger partial charge in [-0.05, 0) is 38.3 Å². The number of ether oxygens (including phenoxy) is 2. The van der Waals surface area contributed by atoms with Crippen molar-refractivity contribution in [1.29, 1.82) is 0 Å². The molecule has 0 radical (unpaired) electrons. The van der Waals surface area contributed by atoms with E-state index in [4.69, 9.17) is 9.47 Å². The van der Waals surface area contributed by atoms with Gasteiger partial charge in [-0.1, -0.05) is 32.0 Å². The Balaban J connectivity index is 1.59. The second kappa shape index (κ2) is 15.8. The molecule has 1 aromatic heterocycles. The fourth-order valence-corrected chi connectivity index (χ4v) is 2.81. The average Bonchev–Trinajstić information content (AvgIpc) is 2.80. The van der Waals surface area contributed by atoms with Crippen molar-refractivity contribution in [2.45, 2.75) is 40.2 Å². The second-order valence-electron chi connectivity index (χ2n) is 8.49. The van der Waals surface area contributed by atoms with Crippen molar-refractivity contribution in [2.24, 2.45) is 5.92 Å². The molecule has 4 N–H and O–H groups in total. The zero-order valence-corrected chi connectivity index (χ0v) is 20.8. The van der Waals surface area contributed by atoms with E-state index in [-0.39, 0.29) is 11.9 Å². The van der Waals surface area contributed by atoms with Gasteiger partial charge < -0.3 is 30.7 Å². The predicted octanol–water partition coefficient (Wildman–Crippen LogP) is 3.03. The van der Waals surface area contributed by atoms with E-state index in [2.05, 4.69) is 50.1 Å². The Morgan fingerprint density at radius 3 is 2.00 bits per heavy atom. The zero-order chi connectivity index (χ0) is 24.6. The highest BCUT2D eigenvalue weighted by Crippen LogP contribution is 2.11. The minimum atomic E-state index is -0.102. The lowest BCUT2D eigenvalue weighted by Gasteiger charge is -2.13. The Kier molecular flexibility index (Phi) is 12.7. The van der Waals surface area contributed by atoms with Crippen LogP contribution < -0.4 is 21.3 Å². The van der Waals surface area contributed by atoms with Gasteiger partial charge in [-0.2, -0.15) is 15.0 Å². The lowest BCUT2D eigenvalue weighted by molar-refractivity contribution is 0.0519. The van der Waals surface area contributed by atoms with Crippen LogP contribution in [-0.2, 0) is 9.47 Å². The highest BCUT2D eigenvalue weighted by Gasteiger charge is 2.08. The Morgan fingerprint density at radius 1 is 0.794 bits per heavy atom. The van der Waals surface area contributed by atoms with Crippen molar-refractivity contribution >= 4 is 23.8 Å². The number of benzene rings is 1. The van der Waals surface area contributed by atoms with Crippen molar-refractivity contribution in [3.05, 3.63) is 35.9 Å². The maximum atomic E-state index is 11.9. The molecular weight excluding hydrogens is 434 g/mol. The Morgan fingerprint density at radius 2 is 1.38 bits per heavy atom. The van der Waals surface area contributed by atoms with E-state index in [1.165, 1.54) is 0 Å². The van der Waals surface area contributed by atoms with Crippen molar-refractivity contribution in [2.75, 3.05) is 62.0 Å². The van der Waals surface area contributed by atoms with Crippen molar-refractivity contribution in [1.82, 2.24) is 20.3 Å². The number of nitrogens with zero attached hydrogens (tertiary/aromatic N) is 3. The van der Waals surface area contributed by atoms with Crippen LogP contribution in [-0.4, -0.2) is 73.0 Å². The molecule has 0 unspecified atom stereocenters. The van der Waals surface area contributed by atoms with Crippen LogP contribution in [0.15, 0.2) is 30.3 Å². The van der Waals surface area contributed by atoms with E-state index in [1.54, 1.807) is 12.1 Å². The van der Waals surface area contributed by atoms with Crippen LogP contribution in [0.1, 0.15) is 44.5 Å². The largest absolute Gasteiger partial charge is 0.377 e. The first-order valence-electron chi connectivity index (χ1n) is 11.9. The van der Waals surface area contributed by atoms with E-state index in [0.29, 0.717) is 68.8 Å². The number of amides is 1. The summed E-state index contributed by atoms with van der Waals surface area (Å²) in [7, 11) is 0. The van der Waals surface area contributed by atoms with Gasteiger partial charge in [0.05, 0.1) is 26.4 Å². The summed E-state index contributed by atoms with van der Waals surface area (Å²) in [5.74, 6) is 2.09. The number of hydrogen-bond acceptors (Lipinski definition) is 9. The summed E-state index contributed by atoms with van der Waals surface area (Å²) in [5, 5.41) is 12.5. The quantitative estimate of drug-likeness (QED) is 0.257. The van der Waals surface area contributed by atoms with Crippen LogP contribution in [0, 0.1) is 5.92 Å². The number of nitrogens with one attached hydrogen (secondary N) is 4. The summed E-state index contributed by atoms with van der Waals surface area (Å²) in [4.78, 5) is 25.2. The Labute approximate surface area is 202 Å². The van der Waals surface area contributed by atoms with Gasteiger partial charge >= 0.3 is 0 Å². The normalized spacial score (nSPS) is 11.0. The highest BCUT2D eigenvalue weighted by atomic mass is 16.5. The third-order valence-electron chi connectivity index (χ3n) is 4.53. The molecule has 0 fully saturated rings. The van der Waals surface area contributed by atoms with Gasteiger partial charge in [-0.15, -0.1) is 0 Å². The zero-order valence-electron chi connectivity index (χ0n) is 20.8. The molecule has 0 saturated carbocycles. The van der Waals surface area contributed by atoms with Crippen LogP contribution >= 0.6 is 0 Å². The van der Waals surface area contributed by atoms with Crippen molar-refractivity contribution in [3.8, 4) is 0 Å². The molecule has 0 atom stereocenters. The minimum Gasteiger partial charge on any atom is -0.377 e. The van der Waals surface area contributed by atoms with Gasteiger partial charge in [0.2, 0.25) is 17.8 Å². The molecule has 1 heterocycles. The summed E-state index contributed by atoms with van der Waals surface area (Å²) in [6, 6.07) is 9.33. The number of carbonyl (C=O) groups is 1. The standard InChI is InChI=1S/C24H39N7O3/c1-18(2)10-11-26-22-29-23(31-24(30-22)28-19(3)4)27-13-15-34-17-16-33-14-12-25-21(32)20-8-6-5-7-9-20/h5-9,18-19H,10-17H2,1-4H3,(H,25,32)(H3,26,27,28,29,30,31). The Hall–Kier alpha value is -2.98. The minimum absolute atomic E-state index is 0.102. The van der Waals surface area contributed by atoms with Crippen LogP contribution in [0.4, 0.5) is 17.8 Å². The van der Waals surface area contributed by atoms with Crippen LogP contribution in [0.25, 0.3) is 0 Å². The monoisotopic (exact) mass is 473 g/mol. The molecule has 2 aromatic rings. The molecule has 0 bridgehead atoms. The maximum Gasteiger partial charge on any atom is 0.251 e. The molecule has 0 aliphatic rings. The maximum absolute atomic E-state index is 11.9. The fraction of sp³-hybridized carbons (Fsp3) is 0.583. The summed E-state index contributed by atoms with van der Waals surface area (Å²) in [6.07, 6.45) is 1.04. The van der Waals surface area contributed by atoms with Crippen molar-refractivity contribution < 1.29 is 14.3 Å². The average molecular weight is 474 g/mol. The molecule has 0 spiro atoms. The smallest absolute Gasteiger partial charge is 0.251 e. The third-order valence-corrected chi connectivity index (χ3v) is 4.53. The third kappa shape index (κ3) is 11.8. The lowest BCUT2D eigenvalue weighted by atomic mass is 10.1. The molecule has 0 aliphatic heterocycles. The summed E-state index contributed by atoms with van der Waals surface area (Å²) < 4.78 is 11.1. The number of carbonyl (C=O) groups excluding carboxylic acids is 1. The van der Waals surface area contributed by atoms with Gasteiger partial charge in [0.25, 0.3) is 5.91 Å². The molecule has 34 heavy (non-hydrogen) atoms. The van der Waals surface area contributed by atoms with Gasteiger partial charge in [0.15, 0.2) is 0 Å². The van der Waals surface area contributed by atoms with E-state index in [0.717, 1.165) is 13.0 Å². The topological polar surface area (TPSA) is 122 Å². The SMILES string of the molecule is CC(C)CCNc1nc(NCCOCCOCCNC(=O)c2ccccc2)nc(NC(C)C)n1. The van der Waals surface area contributed by atoms with Gasteiger partial charge in [-0.3, -0.25) is 4.79 Å². The van der Waals surface area contributed by atoms with Gasteiger partial charge in [0, 0.05) is 31.2 Å². The first kappa shape index (κ1) is 27.3.